The third kappa shape index (κ3) is 5.68. The first-order chi connectivity index (χ1) is 15.2. The number of thiophene rings is 1. The Bertz CT molecular complexity index is 1270. The Balaban J connectivity index is 1.64. The number of nitrogens with one attached hydrogen (secondary N) is 2. The molecule has 0 aliphatic heterocycles. The highest BCUT2D eigenvalue weighted by atomic mass is 32.2. The Kier molecular flexibility index (Phi) is 6.85. The first kappa shape index (κ1) is 22.9. The maximum absolute atomic E-state index is 13.0. The molecule has 3 rings (SSSR count). The number of carbonyl (C=O) groups is 3. The standard InChI is InChI=1S/C20H16FN3O6S2/c21-13-4-6-14(7-5-13)24-32(28,29)15-3-1-2-12(10-15)20(27)30-11-17(25)23-19-16(18(22)26)8-9-31-19/h1-10,24H,11H2,(H2,22,26)(H,23,25). The van der Waals surface area contributed by atoms with E-state index < -0.39 is 40.2 Å². The van der Waals surface area contributed by atoms with Gasteiger partial charge in [-0.2, -0.15) is 0 Å². The minimum Gasteiger partial charge on any atom is -0.452 e. The molecule has 32 heavy (non-hydrogen) atoms. The van der Waals surface area contributed by atoms with Gasteiger partial charge in [-0.25, -0.2) is 17.6 Å². The minimum atomic E-state index is -4.06. The van der Waals surface area contributed by atoms with E-state index in [1.807, 2.05) is 0 Å². The fraction of sp³-hybridized carbons (Fsp3) is 0.0500. The normalized spacial score (nSPS) is 10.9. The molecule has 0 fully saturated rings. The van der Waals surface area contributed by atoms with Crippen LogP contribution in [0.3, 0.4) is 0 Å². The van der Waals surface area contributed by atoms with E-state index in [1.54, 1.807) is 5.38 Å². The molecule has 0 bridgehead atoms. The molecule has 12 heteroatoms. The van der Waals surface area contributed by atoms with Crippen LogP contribution in [0.25, 0.3) is 0 Å². The average molecular weight is 477 g/mol. The number of hydrogen-bond acceptors (Lipinski definition) is 7. The summed E-state index contributed by atoms with van der Waals surface area (Å²) < 4.78 is 45.3. The summed E-state index contributed by atoms with van der Waals surface area (Å²) in [6, 6.07) is 11.1. The fourth-order valence-corrected chi connectivity index (χ4v) is 4.41. The van der Waals surface area contributed by atoms with Crippen LogP contribution in [0.4, 0.5) is 15.1 Å². The number of anilines is 2. The number of nitrogens with two attached hydrogens (primary N) is 1. The molecule has 0 atom stereocenters. The molecule has 2 aromatic carbocycles. The first-order valence-corrected chi connectivity index (χ1v) is 11.2. The fourth-order valence-electron chi connectivity index (χ4n) is 2.50. The number of carbonyl (C=O) groups excluding carboxylic acids is 3. The van der Waals surface area contributed by atoms with Crippen LogP contribution in [0.1, 0.15) is 20.7 Å². The van der Waals surface area contributed by atoms with Gasteiger partial charge in [-0.3, -0.25) is 14.3 Å². The van der Waals surface area contributed by atoms with E-state index in [0.29, 0.717) is 0 Å². The largest absolute Gasteiger partial charge is 0.452 e. The molecule has 0 radical (unpaired) electrons. The Morgan fingerprint density at radius 1 is 1.06 bits per heavy atom. The van der Waals surface area contributed by atoms with Gasteiger partial charge in [0, 0.05) is 5.69 Å². The van der Waals surface area contributed by atoms with Gasteiger partial charge in [0.15, 0.2) is 6.61 Å². The van der Waals surface area contributed by atoms with Crippen LogP contribution >= 0.6 is 11.3 Å². The van der Waals surface area contributed by atoms with Gasteiger partial charge in [0.2, 0.25) is 0 Å². The zero-order chi connectivity index (χ0) is 23.3. The monoisotopic (exact) mass is 477 g/mol. The van der Waals surface area contributed by atoms with Crippen LogP contribution in [0.15, 0.2) is 64.9 Å². The number of benzene rings is 2. The number of primary amides is 1. The summed E-state index contributed by atoms with van der Waals surface area (Å²) in [7, 11) is -4.06. The second-order valence-corrected chi connectivity index (χ2v) is 8.89. The van der Waals surface area contributed by atoms with Crippen molar-refractivity contribution in [3.63, 3.8) is 0 Å². The molecule has 0 aliphatic rings. The molecule has 0 aliphatic carbocycles. The SMILES string of the molecule is NC(=O)c1ccsc1NC(=O)COC(=O)c1cccc(S(=O)(=O)Nc2ccc(F)cc2)c1. The summed E-state index contributed by atoms with van der Waals surface area (Å²) in [5.74, 6) is -2.87. The minimum absolute atomic E-state index is 0.103. The Morgan fingerprint density at radius 2 is 1.78 bits per heavy atom. The van der Waals surface area contributed by atoms with Crippen molar-refractivity contribution < 1.29 is 31.9 Å². The molecule has 4 N–H and O–H groups in total. The molecular weight excluding hydrogens is 461 g/mol. The molecular formula is C20H16FN3O6S2. The van der Waals surface area contributed by atoms with Crippen molar-refractivity contribution in [1.29, 1.82) is 0 Å². The zero-order valence-corrected chi connectivity index (χ0v) is 17.8. The van der Waals surface area contributed by atoms with Crippen LogP contribution in [0.2, 0.25) is 0 Å². The first-order valence-electron chi connectivity index (χ1n) is 8.88. The number of amides is 2. The van der Waals surface area contributed by atoms with Gasteiger partial charge in [-0.15, -0.1) is 11.3 Å². The van der Waals surface area contributed by atoms with Crippen LogP contribution < -0.4 is 15.8 Å². The average Bonchev–Trinajstić information content (AvgIpc) is 3.22. The van der Waals surface area contributed by atoms with E-state index in [-0.39, 0.29) is 26.7 Å². The van der Waals surface area contributed by atoms with Crippen molar-refractivity contribution in [1.82, 2.24) is 0 Å². The lowest BCUT2D eigenvalue weighted by Gasteiger charge is -2.10. The highest BCUT2D eigenvalue weighted by Crippen LogP contribution is 2.22. The summed E-state index contributed by atoms with van der Waals surface area (Å²) >= 11 is 1.08. The quantitative estimate of drug-likeness (QED) is 0.425. The van der Waals surface area contributed by atoms with Crippen molar-refractivity contribution in [3.8, 4) is 0 Å². The summed E-state index contributed by atoms with van der Waals surface area (Å²) in [6.07, 6.45) is 0. The van der Waals surface area contributed by atoms with Gasteiger partial charge < -0.3 is 15.8 Å². The van der Waals surface area contributed by atoms with Crippen LogP contribution in [0, 0.1) is 5.82 Å². The summed E-state index contributed by atoms with van der Waals surface area (Å²) in [5, 5.41) is 4.20. The number of hydrogen-bond donors (Lipinski definition) is 3. The van der Waals surface area contributed by atoms with Crippen molar-refractivity contribution in [2.24, 2.45) is 5.73 Å². The molecule has 0 unspecified atom stereocenters. The van der Waals surface area contributed by atoms with Gasteiger partial charge in [0.05, 0.1) is 16.0 Å². The highest BCUT2D eigenvalue weighted by molar-refractivity contribution is 7.92. The van der Waals surface area contributed by atoms with E-state index in [2.05, 4.69) is 10.0 Å². The highest BCUT2D eigenvalue weighted by Gasteiger charge is 2.19. The third-order valence-corrected chi connectivity index (χ3v) is 6.20. The maximum atomic E-state index is 13.0. The predicted octanol–water partition coefficient (Wildman–Crippen LogP) is 2.58. The van der Waals surface area contributed by atoms with Crippen molar-refractivity contribution in [2.45, 2.75) is 4.90 Å². The second kappa shape index (κ2) is 9.58. The van der Waals surface area contributed by atoms with E-state index in [9.17, 15) is 27.2 Å². The van der Waals surface area contributed by atoms with Crippen LogP contribution in [0.5, 0.6) is 0 Å². The van der Waals surface area contributed by atoms with Gasteiger partial charge >= 0.3 is 5.97 Å². The molecule has 0 saturated heterocycles. The van der Waals surface area contributed by atoms with Crippen molar-refractivity contribution >= 4 is 49.8 Å². The summed E-state index contributed by atoms with van der Waals surface area (Å²) in [4.78, 5) is 35.3. The zero-order valence-electron chi connectivity index (χ0n) is 16.2. The smallest absolute Gasteiger partial charge is 0.338 e. The number of esters is 1. The Labute approximate surface area is 186 Å². The van der Waals surface area contributed by atoms with E-state index in [0.717, 1.165) is 29.5 Å². The van der Waals surface area contributed by atoms with E-state index in [1.165, 1.54) is 36.4 Å². The topological polar surface area (TPSA) is 145 Å². The number of halogens is 1. The Hall–Kier alpha value is -3.77. The van der Waals surface area contributed by atoms with E-state index in [4.69, 9.17) is 10.5 Å². The van der Waals surface area contributed by atoms with Gasteiger partial charge in [0.1, 0.15) is 10.8 Å². The van der Waals surface area contributed by atoms with Crippen LogP contribution in [-0.2, 0) is 19.6 Å². The van der Waals surface area contributed by atoms with Crippen LogP contribution in [-0.4, -0.2) is 32.8 Å². The molecule has 166 valence electrons. The molecule has 9 nitrogen and oxygen atoms in total. The number of ether oxygens (including phenoxy) is 1. The predicted molar refractivity (Wildman–Crippen MR) is 115 cm³/mol. The number of sulfonamides is 1. The summed E-state index contributed by atoms with van der Waals surface area (Å²) in [5.41, 5.74) is 5.36. The summed E-state index contributed by atoms with van der Waals surface area (Å²) in [6.45, 7) is -0.667. The van der Waals surface area contributed by atoms with Gasteiger partial charge in [-0.1, -0.05) is 6.07 Å². The lowest BCUT2D eigenvalue weighted by Crippen LogP contribution is -2.22. The second-order valence-electron chi connectivity index (χ2n) is 6.29. The molecule has 2 amide bonds. The Morgan fingerprint density at radius 3 is 2.47 bits per heavy atom. The maximum Gasteiger partial charge on any atom is 0.338 e. The third-order valence-electron chi connectivity index (χ3n) is 3.99. The molecule has 1 aromatic heterocycles. The molecule has 0 spiro atoms. The lowest BCUT2D eigenvalue weighted by atomic mass is 10.2. The molecule has 3 aromatic rings. The molecule has 1 heterocycles. The van der Waals surface area contributed by atoms with Crippen molar-refractivity contribution in [3.05, 3.63) is 76.9 Å². The lowest BCUT2D eigenvalue weighted by molar-refractivity contribution is -0.119. The van der Waals surface area contributed by atoms with Gasteiger partial charge in [-0.05, 0) is 53.9 Å². The van der Waals surface area contributed by atoms with E-state index >= 15 is 0 Å². The molecule has 0 saturated carbocycles. The number of rotatable bonds is 8. The van der Waals surface area contributed by atoms with Crippen molar-refractivity contribution in [2.75, 3.05) is 16.6 Å². The van der Waals surface area contributed by atoms with Gasteiger partial charge in [0.25, 0.3) is 21.8 Å².